The van der Waals surface area contributed by atoms with E-state index in [4.69, 9.17) is 4.74 Å². The Balaban J connectivity index is 0.000000791. The second-order valence-corrected chi connectivity index (χ2v) is 3.28. The Morgan fingerprint density at radius 2 is 2.00 bits per heavy atom. The van der Waals surface area contributed by atoms with Crippen molar-refractivity contribution >= 4 is 5.97 Å². The van der Waals surface area contributed by atoms with E-state index in [1.54, 1.807) is 0 Å². The van der Waals surface area contributed by atoms with Crippen LogP contribution in [0.2, 0.25) is 0 Å². The van der Waals surface area contributed by atoms with Crippen LogP contribution in [0.1, 0.15) is 41.0 Å². The van der Waals surface area contributed by atoms with Gasteiger partial charge in [0.25, 0.3) is 0 Å². The summed E-state index contributed by atoms with van der Waals surface area (Å²) in [5, 5.41) is 0. The van der Waals surface area contributed by atoms with Crippen molar-refractivity contribution in [3.63, 3.8) is 0 Å². The molecule has 0 amide bonds. The fourth-order valence-corrected chi connectivity index (χ4v) is 1.68. The molecule has 1 aliphatic heterocycles. The molecule has 0 aromatic carbocycles. The second-order valence-electron chi connectivity index (χ2n) is 3.28. The predicted molar refractivity (Wildman–Crippen MR) is 59.0 cm³/mol. The van der Waals surface area contributed by atoms with E-state index in [9.17, 15) is 4.79 Å². The van der Waals surface area contributed by atoms with Crippen LogP contribution in [0.5, 0.6) is 0 Å². The Kier molecular flexibility index (Phi) is 6.26. The highest BCUT2D eigenvalue weighted by Gasteiger charge is 2.38. The Morgan fingerprint density at radius 3 is 2.43 bits per heavy atom. The van der Waals surface area contributed by atoms with Gasteiger partial charge in [-0.2, -0.15) is 0 Å². The van der Waals surface area contributed by atoms with Crippen molar-refractivity contribution in [3.05, 3.63) is 12.2 Å². The maximum atomic E-state index is 11.2. The van der Waals surface area contributed by atoms with E-state index < -0.39 is 0 Å². The quantitative estimate of drug-likeness (QED) is 0.503. The lowest BCUT2D eigenvalue weighted by molar-refractivity contribution is -0.144. The minimum atomic E-state index is -0.0510. The number of carbonyl (C=O) groups is 1. The average Bonchev–Trinajstić information content (AvgIpc) is 2.49. The largest absolute Gasteiger partial charge is 0.462 e. The number of hydrogen-bond donors (Lipinski definition) is 0. The van der Waals surface area contributed by atoms with E-state index in [0.717, 1.165) is 6.42 Å². The maximum Gasteiger partial charge on any atom is 0.309 e. The van der Waals surface area contributed by atoms with Crippen LogP contribution in [0.3, 0.4) is 0 Å². The lowest BCUT2D eigenvalue weighted by Gasteiger charge is -2.12. The first kappa shape index (κ1) is 13.2. The van der Waals surface area contributed by atoms with E-state index in [-0.39, 0.29) is 23.9 Å². The van der Waals surface area contributed by atoms with Gasteiger partial charge in [-0.1, -0.05) is 39.8 Å². The lowest BCUT2D eigenvalue weighted by Crippen LogP contribution is -2.15. The molecule has 2 heteroatoms. The van der Waals surface area contributed by atoms with E-state index in [1.807, 2.05) is 40.7 Å². The van der Waals surface area contributed by atoms with E-state index in [2.05, 4.69) is 6.08 Å². The van der Waals surface area contributed by atoms with Crippen molar-refractivity contribution in [1.82, 2.24) is 0 Å². The molecule has 3 unspecified atom stereocenters. The summed E-state index contributed by atoms with van der Waals surface area (Å²) in [4.78, 5) is 11.2. The predicted octanol–water partition coefficient (Wildman–Crippen LogP) is 3.18. The highest BCUT2D eigenvalue weighted by molar-refractivity contribution is 5.75. The minimum absolute atomic E-state index is 0.0335. The molecule has 0 N–H and O–H groups in total. The van der Waals surface area contributed by atoms with Crippen molar-refractivity contribution in [1.29, 1.82) is 0 Å². The zero-order chi connectivity index (χ0) is 11.1. The molecule has 0 saturated carbocycles. The molecule has 1 heterocycles. The number of hydrogen-bond acceptors (Lipinski definition) is 2. The van der Waals surface area contributed by atoms with E-state index >= 15 is 0 Å². The summed E-state index contributed by atoms with van der Waals surface area (Å²) in [6.07, 6.45) is 5.07. The Bertz CT molecular complexity index is 196. The molecule has 1 aliphatic rings. The van der Waals surface area contributed by atoms with Gasteiger partial charge in [-0.25, -0.2) is 0 Å². The zero-order valence-electron chi connectivity index (χ0n) is 9.91. The Labute approximate surface area is 87.3 Å². The summed E-state index contributed by atoms with van der Waals surface area (Å²) < 4.78 is 5.20. The first-order chi connectivity index (χ1) is 6.70. The Morgan fingerprint density at radius 1 is 1.43 bits per heavy atom. The van der Waals surface area contributed by atoms with Crippen LogP contribution >= 0.6 is 0 Å². The van der Waals surface area contributed by atoms with Gasteiger partial charge < -0.3 is 4.74 Å². The third-order valence-corrected chi connectivity index (χ3v) is 2.46. The summed E-state index contributed by atoms with van der Waals surface area (Å²) in [7, 11) is 0. The van der Waals surface area contributed by atoms with Crippen molar-refractivity contribution in [2.75, 3.05) is 0 Å². The molecule has 1 fully saturated rings. The van der Waals surface area contributed by atoms with Crippen LogP contribution in [0.4, 0.5) is 0 Å². The SMILES string of the molecule is C/C=C/C1C(CC)OC(=O)C1C.CC. The number of allylic oxidation sites excluding steroid dienone is 1. The number of ether oxygens (including phenoxy) is 1. The summed E-state index contributed by atoms with van der Waals surface area (Å²) in [5.41, 5.74) is 0. The molecule has 0 spiro atoms. The zero-order valence-corrected chi connectivity index (χ0v) is 9.91. The molecule has 14 heavy (non-hydrogen) atoms. The Hall–Kier alpha value is -0.790. The van der Waals surface area contributed by atoms with Gasteiger partial charge in [-0.05, 0) is 13.3 Å². The third kappa shape index (κ3) is 2.86. The molecule has 3 atom stereocenters. The highest BCUT2D eigenvalue weighted by Crippen LogP contribution is 2.30. The normalized spacial score (nSPS) is 31.2. The molecule has 0 radical (unpaired) electrons. The average molecular weight is 198 g/mol. The van der Waals surface area contributed by atoms with Gasteiger partial charge >= 0.3 is 5.97 Å². The second kappa shape index (κ2) is 6.63. The van der Waals surface area contributed by atoms with Gasteiger partial charge in [0.2, 0.25) is 0 Å². The smallest absolute Gasteiger partial charge is 0.309 e. The van der Waals surface area contributed by atoms with Crippen LogP contribution in [-0.2, 0) is 9.53 Å². The molecule has 82 valence electrons. The number of rotatable bonds is 2. The summed E-state index contributed by atoms with van der Waals surface area (Å²) >= 11 is 0. The van der Waals surface area contributed by atoms with Crippen LogP contribution in [-0.4, -0.2) is 12.1 Å². The highest BCUT2D eigenvalue weighted by atomic mass is 16.6. The van der Waals surface area contributed by atoms with Gasteiger partial charge in [-0.15, -0.1) is 0 Å². The van der Waals surface area contributed by atoms with Crippen molar-refractivity contribution in [3.8, 4) is 0 Å². The molecule has 2 nitrogen and oxygen atoms in total. The van der Waals surface area contributed by atoms with Crippen LogP contribution in [0.25, 0.3) is 0 Å². The van der Waals surface area contributed by atoms with E-state index in [1.165, 1.54) is 0 Å². The standard InChI is InChI=1S/C10H16O2.C2H6/c1-4-6-8-7(3)10(11)12-9(8)5-2;1-2/h4,6-9H,5H2,1-3H3;1-2H3/b6-4+;. The van der Waals surface area contributed by atoms with Gasteiger partial charge in [0.1, 0.15) is 6.10 Å². The molecule has 1 rings (SSSR count). The van der Waals surface area contributed by atoms with Crippen LogP contribution in [0.15, 0.2) is 12.2 Å². The molecule has 0 aromatic rings. The first-order valence-electron chi connectivity index (χ1n) is 5.54. The maximum absolute atomic E-state index is 11.2. The monoisotopic (exact) mass is 198 g/mol. The van der Waals surface area contributed by atoms with Gasteiger partial charge in [0.15, 0.2) is 0 Å². The van der Waals surface area contributed by atoms with Gasteiger partial charge in [0, 0.05) is 5.92 Å². The fraction of sp³-hybridized carbons (Fsp3) is 0.750. The summed E-state index contributed by atoms with van der Waals surface area (Å²) in [6.45, 7) is 9.96. The van der Waals surface area contributed by atoms with Crippen LogP contribution in [0, 0.1) is 11.8 Å². The minimum Gasteiger partial charge on any atom is -0.462 e. The number of cyclic esters (lactones) is 1. The molecular formula is C12H22O2. The number of esters is 1. The molecule has 0 aliphatic carbocycles. The number of carbonyl (C=O) groups excluding carboxylic acids is 1. The molecule has 0 aromatic heterocycles. The third-order valence-electron chi connectivity index (χ3n) is 2.46. The first-order valence-corrected chi connectivity index (χ1v) is 5.54. The fourth-order valence-electron chi connectivity index (χ4n) is 1.68. The summed E-state index contributed by atoms with van der Waals surface area (Å²) in [6, 6.07) is 0. The van der Waals surface area contributed by atoms with E-state index in [0.29, 0.717) is 0 Å². The topological polar surface area (TPSA) is 26.3 Å². The molecule has 0 bridgehead atoms. The summed E-state index contributed by atoms with van der Waals surface area (Å²) in [5.74, 6) is 0.267. The van der Waals surface area contributed by atoms with Crippen molar-refractivity contribution in [2.45, 2.75) is 47.1 Å². The van der Waals surface area contributed by atoms with Crippen LogP contribution < -0.4 is 0 Å². The molecule has 1 saturated heterocycles. The van der Waals surface area contributed by atoms with Crippen molar-refractivity contribution < 1.29 is 9.53 Å². The lowest BCUT2D eigenvalue weighted by atomic mass is 9.90. The van der Waals surface area contributed by atoms with Crippen molar-refractivity contribution in [2.24, 2.45) is 11.8 Å². The van der Waals surface area contributed by atoms with Gasteiger partial charge in [0.05, 0.1) is 5.92 Å². The molecular weight excluding hydrogens is 176 g/mol. The van der Waals surface area contributed by atoms with Gasteiger partial charge in [-0.3, -0.25) is 4.79 Å².